The third-order valence-electron chi connectivity index (χ3n) is 4.62. The second kappa shape index (κ2) is 4.42. The summed E-state index contributed by atoms with van der Waals surface area (Å²) in [5.41, 5.74) is 0.634. The lowest BCUT2D eigenvalue weighted by Crippen LogP contribution is -2.45. The lowest BCUT2D eigenvalue weighted by atomic mass is 9.98. The molecule has 2 nitrogen and oxygen atoms in total. The van der Waals surface area contributed by atoms with Crippen molar-refractivity contribution in [3.8, 4) is 0 Å². The molecule has 0 aromatic heterocycles. The normalized spacial score (nSPS) is 30.8. The fourth-order valence-electron chi connectivity index (χ4n) is 2.81. The quantitative estimate of drug-likeness (QED) is 0.749. The summed E-state index contributed by atoms with van der Waals surface area (Å²) in [5, 5.41) is 3.61. The summed E-state index contributed by atoms with van der Waals surface area (Å²) in [4.78, 5) is 2.68. The van der Waals surface area contributed by atoms with Gasteiger partial charge in [-0.05, 0) is 51.1 Å². The zero-order chi connectivity index (χ0) is 10.9. The average Bonchev–Trinajstić information content (AvgIpc) is 2.80. The van der Waals surface area contributed by atoms with Gasteiger partial charge in [0.2, 0.25) is 0 Å². The van der Waals surface area contributed by atoms with E-state index in [1.165, 1.54) is 45.3 Å². The molecule has 2 rings (SSSR count). The Bertz CT molecular complexity index is 205. The number of rotatable bonds is 5. The van der Waals surface area contributed by atoms with Gasteiger partial charge in [-0.25, -0.2) is 0 Å². The molecule has 0 radical (unpaired) electrons. The van der Waals surface area contributed by atoms with Crippen molar-refractivity contribution >= 4 is 0 Å². The highest BCUT2D eigenvalue weighted by Gasteiger charge is 2.44. The Hall–Kier alpha value is -0.0800. The van der Waals surface area contributed by atoms with E-state index in [1.807, 2.05) is 0 Å². The fourth-order valence-corrected chi connectivity index (χ4v) is 2.81. The summed E-state index contributed by atoms with van der Waals surface area (Å²) in [6, 6.07) is 1.53. The van der Waals surface area contributed by atoms with Crippen LogP contribution in [0.2, 0.25) is 0 Å². The van der Waals surface area contributed by atoms with E-state index >= 15 is 0 Å². The van der Waals surface area contributed by atoms with E-state index in [9.17, 15) is 0 Å². The maximum Gasteiger partial charge on any atom is 0.0195 e. The Morgan fingerprint density at radius 2 is 2.20 bits per heavy atom. The van der Waals surface area contributed by atoms with Crippen molar-refractivity contribution in [1.82, 2.24) is 10.2 Å². The van der Waals surface area contributed by atoms with Crippen molar-refractivity contribution in [3.05, 3.63) is 0 Å². The maximum absolute atomic E-state index is 3.61. The van der Waals surface area contributed by atoms with Crippen LogP contribution in [0, 0.1) is 5.41 Å². The molecule has 0 bridgehead atoms. The first-order chi connectivity index (χ1) is 7.15. The standard InChI is InChI=1S/C13H26N2/c1-4-15(10-12-6-5-9-14-12)11(2)13(3)7-8-13/h11-12,14H,4-10H2,1-3H3. The topological polar surface area (TPSA) is 15.3 Å². The lowest BCUT2D eigenvalue weighted by molar-refractivity contribution is 0.145. The smallest absolute Gasteiger partial charge is 0.0195 e. The van der Waals surface area contributed by atoms with Crippen LogP contribution in [-0.4, -0.2) is 36.6 Å². The molecule has 15 heavy (non-hydrogen) atoms. The zero-order valence-corrected chi connectivity index (χ0v) is 10.6. The number of nitrogens with one attached hydrogen (secondary N) is 1. The summed E-state index contributed by atoms with van der Waals surface area (Å²) in [7, 11) is 0. The van der Waals surface area contributed by atoms with Crippen molar-refractivity contribution in [3.63, 3.8) is 0 Å². The molecular formula is C13H26N2. The molecule has 2 atom stereocenters. The Morgan fingerprint density at radius 1 is 1.47 bits per heavy atom. The molecule has 1 heterocycles. The third-order valence-corrected chi connectivity index (χ3v) is 4.62. The predicted molar refractivity (Wildman–Crippen MR) is 65.1 cm³/mol. The highest BCUT2D eigenvalue weighted by Crippen LogP contribution is 2.49. The molecule has 0 aromatic rings. The molecule has 1 aliphatic heterocycles. The molecule has 88 valence electrons. The van der Waals surface area contributed by atoms with Gasteiger partial charge in [-0.3, -0.25) is 4.90 Å². The minimum absolute atomic E-state index is 0.634. The summed E-state index contributed by atoms with van der Waals surface area (Å²) in [5.74, 6) is 0. The van der Waals surface area contributed by atoms with Crippen LogP contribution in [0.25, 0.3) is 0 Å². The maximum atomic E-state index is 3.61. The number of nitrogens with zero attached hydrogens (tertiary/aromatic N) is 1. The first kappa shape index (κ1) is 11.4. The van der Waals surface area contributed by atoms with Gasteiger partial charge in [0, 0.05) is 18.6 Å². The summed E-state index contributed by atoms with van der Waals surface area (Å²) < 4.78 is 0. The molecule has 2 unspecified atom stereocenters. The molecule has 2 fully saturated rings. The van der Waals surface area contributed by atoms with Gasteiger partial charge in [0.05, 0.1) is 0 Å². The van der Waals surface area contributed by atoms with Gasteiger partial charge < -0.3 is 5.32 Å². The van der Waals surface area contributed by atoms with Crippen LogP contribution in [-0.2, 0) is 0 Å². The molecule has 1 saturated heterocycles. The van der Waals surface area contributed by atoms with Gasteiger partial charge >= 0.3 is 0 Å². The van der Waals surface area contributed by atoms with Crippen LogP contribution in [0.15, 0.2) is 0 Å². The second-order valence-corrected chi connectivity index (χ2v) is 5.71. The summed E-state index contributed by atoms with van der Waals surface area (Å²) >= 11 is 0. The van der Waals surface area contributed by atoms with Crippen LogP contribution >= 0.6 is 0 Å². The largest absolute Gasteiger partial charge is 0.313 e. The number of likely N-dealkylation sites (N-methyl/N-ethyl adjacent to an activating group) is 1. The van der Waals surface area contributed by atoms with Gasteiger partial charge in [0.15, 0.2) is 0 Å². The van der Waals surface area contributed by atoms with Crippen LogP contribution in [0.5, 0.6) is 0 Å². The molecule has 0 spiro atoms. The molecule has 1 aliphatic carbocycles. The molecule has 2 aliphatic rings. The third kappa shape index (κ3) is 2.54. The first-order valence-electron chi connectivity index (χ1n) is 6.63. The average molecular weight is 210 g/mol. The Kier molecular flexibility index (Phi) is 3.36. The summed E-state index contributed by atoms with van der Waals surface area (Å²) in [6.07, 6.45) is 5.61. The van der Waals surface area contributed by atoms with E-state index in [-0.39, 0.29) is 0 Å². The van der Waals surface area contributed by atoms with E-state index in [0.29, 0.717) is 5.41 Å². The van der Waals surface area contributed by atoms with Crippen molar-refractivity contribution in [2.24, 2.45) is 5.41 Å². The second-order valence-electron chi connectivity index (χ2n) is 5.71. The Balaban J connectivity index is 1.85. The molecule has 2 heteroatoms. The van der Waals surface area contributed by atoms with Gasteiger partial charge in [-0.15, -0.1) is 0 Å². The van der Waals surface area contributed by atoms with E-state index in [0.717, 1.165) is 12.1 Å². The van der Waals surface area contributed by atoms with Crippen LogP contribution in [0.4, 0.5) is 0 Å². The molecule has 0 aromatic carbocycles. The Morgan fingerprint density at radius 3 is 2.67 bits per heavy atom. The van der Waals surface area contributed by atoms with Crippen LogP contribution in [0.1, 0.15) is 46.5 Å². The molecule has 1 saturated carbocycles. The highest BCUT2D eigenvalue weighted by molar-refractivity contribution is 4.98. The summed E-state index contributed by atoms with van der Waals surface area (Å²) in [6.45, 7) is 10.9. The molecular weight excluding hydrogens is 184 g/mol. The van der Waals surface area contributed by atoms with Gasteiger partial charge in [0.1, 0.15) is 0 Å². The van der Waals surface area contributed by atoms with Gasteiger partial charge in [0.25, 0.3) is 0 Å². The van der Waals surface area contributed by atoms with E-state index in [4.69, 9.17) is 0 Å². The van der Waals surface area contributed by atoms with Crippen molar-refractivity contribution in [2.45, 2.75) is 58.5 Å². The van der Waals surface area contributed by atoms with Crippen LogP contribution in [0.3, 0.4) is 0 Å². The van der Waals surface area contributed by atoms with E-state index in [1.54, 1.807) is 0 Å². The van der Waals surface area contributed by atoms with Crippen LogP contribution < -0.4 is 5.32 Å². The van der Waals surface area contributed by atoms with Crippen molar-refractivity contribution in [2.75, 3.05) is 19.6 Å². The van der Waals surface area contributed by atoms with Gasteiger partial charge in [-0.2, -0.15) is 0 Å². The zero-order valence-electron chi connectivity index (χ0n) is 10.6. The SMILES string of the molecule is CCN(CC1CCCN1)C(C)C1(C)CC1. The number of hydrogen-bond donors (Lipinski definition) is 1. The minimum Gasteiger partial charge on any atom is -0.313 e. The minimum atomic E-state index is 0.634. The van der Waals surface area contributed by atoms with E-state index < -0.39 is 0 Å². The van der Waals surface area contributed by atoms with E-state index in [2.05, 4.69) is 31.0 Å². The lowest BCUT2D eigenvalue weighted by Gasteiger charge is -2.34. The van der Waals surface area contributed by atoms with Gasteiger partial charge in [-0.1, -0.05) is 13.8 Å². The Labute approximate surface area is 94.4 Å². The monoisotopic (exact) mass is 210 g/mol. The van der Waals surface area contributed by atoms with Crippen molar-refractivity contribution in [1.29, 1.82) is 0 Å². The fraction of sp³-hybridized carbons (Fsp3) is 1.00. The highest BCUT2D eigenvalue weighted by atomic mass is 15.2. The predicted octanol–water partition coefficient (Wildman–Crippen LogP) is 2.25. The van der Waals surface area contributed by atoms with Crippen molar-refractivity contribution < 1.29 is 0 Å². The first-order valence-corrected chi connectivity index (χ1v) is 6.63. The molecule has 0 amide bonds. The number of hydrogen-bond acceptors (Lipinski definition) is 2. The molecule has 1 N–H and O–H groups in total.